The van der Waals surface area contributed by atoms with Gasteiger partial charge in [0.15, 0.2) is 0 Å². The standard InChI is InChI=1S/C22H29N3O2/c1-16-7-10-24(11-8-16)15-22(27)25-13-18(21(26)14-25)12-17-6-9-23-20-5-3-2-4-19(17)20/h2-6,9,16,18,21,26H,7-8,10-15H2,1H3/t18-,21+/m1/s1. The van der Waals surface area contributed by atoms with Gasteiger partial charge in [-0.3, -0.25) is 14.7 Å². The quantitative estimate of drug-likeness (QED) is 0.901. The average molecular weight is 367 g/mol. The minimum Gasteiger partial charge on any atom is -0.391 e. The Morgan fingerprint density at radius 1 is 1.19 bits per heavy atom. The molecule has 144 valence electrons. The Morgan fingerprint density at radius 2 is 1.96 bits per heavy atom. The number of amides is 1. The van der Waals surface area contributed by atoms with E-state index in [1.807, 2.05) is 35.4 Å². The number of hydrogen-bond donors (Lipinski definition) is 1. The lowest BCUT2D eigenvalue weighted by Gasteiger charge is -2.30. The predicted molar refractivity (Wildman–Crippen MR) is 106 cm³/mol. The minimum atomic E-state index is -0.456. The van der Waals surface area contributed by atoms with Crippen LogP contribution in [0.4, 0.5) is 0 Å². The van der Waals surface area contributed by atoms with Gasteiger partial charge in [0.2, 0.25) is 5.91 Å². The number of hydrogen-bond acceptors (Lipinski definition) is 4. The van der Waals surface area contributed by atoms with E-state index in [0.29, 0.717) is 19.6 Å². The summed E-state index contributed by atoms with van der Waals surface area (Å²) in [5.74, 6) is 1.01. The van der Waals surface area contributed by atoms with E-state index < -0.39 is 6.10 Å². The molecule has 0 saturated carbocycles. The van der Waals surface area contributed by atoms with Gasteiger partial charge in [-0.15, -0.1) is 0 Å². The summed E-state index contributed by atoms with van der Waals surface area (Å²) < 4.78 is 0. The van der Waals surface area contributed by atoms with Crippen LogP contribution >= 0.6 is 0 Å². The predicted octanol–water partition coefficient (Wildman–Crippen LogP) is 2.33. The highest BCUT2D eigenvalue weighted by atomic mass is 16.3. The highest BCUT2D eigenvalue weighted by Gasteiger charge is 2.34. The van der Waals surface area contributed by atoms with Crippen LogP contribution in [0, 0.1) is 11.8 Å². The topological polar surface area (TPSA) is 56.7 Å². The maximum absolute atomic E-state index is 12.7. The van der Waals surface area contributed by atoms with Crippen LogP contribution < -0.4 is 0 Å². The van der Waals surface area contributed by atoms with Gasteiger partial charge in [-0.25, -0.2) is 0 Å². The first-order valence-corrected chi connectivity index (χ1v) is 10.1. The zero-order valence-corrected chi connectivity index (χ0v) is 16.1. The van der Waals surface area contributed by atoms with E-state index in [4.69, 9.17) is 0 Å². The number of aliphatic hydroxyl groups excluding tert-OH is 1. The third-order valence-electron chi connectivity index (χ3n) is 6.22. The number of likely N-dealkylation sites (tertiary alicyclic amines) is 2. The van der Waals surface area contributed by atoms with E-state index in [1.54, 1.807) is 0 Å². The summed E-state index contributed by atoms with van der Waals surface area (Å²) in [5, 5.41) is 11.7. The molecule has 3 heterocycles. The number of fused-ring (bicyclic) bond motifs is 1. The number of aliphatic hydroxyl groups is 1. The van der Waals surface area contributed by atoms with Gasteiger partial charge in [0, 0.05) is 30.6 Å². The number of carbonyl (C=O) groups excluding carboxylic acids is 1. The maximum Gasteiger partial charge on any atom is 0.236 e. The maximum atomic E-state index is 12.7. The number of aromatic nitrogens is 1. The van der Waals surface area contributed by atoms with Crippen LogP contribution in [0.5, 0.6) is 0 Å². The number of β-amino-alcohol motifs (C(OH)–C–C–N with tert-alkyl or cyclic N) is 1. The molecule has 1 aromatic heterocycles. The molecule has 5 nitrogen and oxygen atoms in total. The molecule has 4 rings (SSSR count). The van der Waals surface area contributed by atoms with Crippen LogP contribution in [0.3, 0.4) is 0 Å². The highest BCUT2D eigenvalue weighted by molar-refractivity contribution is 5.82. The summed E-state index contributed by atoms with van der Waals surface area (Å²) in [6, 6.07) is 10.1. The van der Waals surface area contributed by atoms with Crippen LogP contribution in [0.1, 0.15) is 25.3 Å². The first kappa shape index (κ1) is 18.4. The van der Waals surface area contributed by atoms with Gasteiger partial charge in [0.1, 0.15) is 0 Å². The second-order valence-electron chi connectivity index (χ2n) is 8.28. The Kier molecular flexibility index (Phi) is 5.41. The molecule has 2 aliphatic heterocycles. The monoisotopic (exact) mass is 367 g/mol. The van der Waals surface area contributed by atoms with Gasteiger partial charge in [-0.05, 0) is 56.0 Å². The van der Waals surface area contributed by atoms with E-state index in [1.165, 1.54) is 18.4 Å². The van der Waals surface area contributed by atoms with Crippen molar-refractivity contribution in [2.45, 2.75) is 32.3 Å². The molecular weight excluding hydrogens is 338 g/mol. The molecule has 1 N–H and O–H groups in total. The van der Waals surface area contributed by atoms with Gasteiger partial charge < -0.3 is 10.0 Å². The fourth-order valence-corrected chi connectivity index (χ4v) is 4.39. The Bertz CT molecular complexity index is 796. The third kappa shape index (κ3) is 4.14. The molecule has 0 spiro atoms. The molecule has 0 aliphatic carbocycles. The summed E-state index contributed by atoms with van der Waals surface area (Å²) in [6.45, 7) is 5.89. The average Bonchev–Trinajstić information content (AvgIpc) is 3.05. The van der Waals surface area contributed by atoms with Gasteiger partial charge in [0.25, 0.3) is 0 Å². The van der Waals surface area contributed by atoms with E-state index >= 15 is 0 Å². The Hall–Kier alpha value is -1.98. The molecule has 0 bridgehead atoms. The lowest BCUT2D eigenvalue weighted by Crippen LogP contribution is -2.42. The van der Waals surface area contributed by atoms with Crippen molar-refractivity contribution in [2.24, 2.45) is 11.8 Å². The van der Waals surface area contributed by atoms with E-state index in [-0.39, 0.29) is 11.8 Å². The van der Waals surface area contributed by atoms with E-state index in [9.17, 15) is 9.90 Å². The van der Waals surface area contributed by atoms with Crippen molar-refractivity contribution < 1.29 is 9.90 Å². The van der Waals surface area contributed by atoms with Crippen molar-refractivity contribution in [2.75, 3.05) is 32.7 Å². The van der Waals surface area contributed by atoms with Gasteiger partial charge >= 0.3 is 0 Å². The molecule has 0 unspecified atom stereocenters. The number of rotatable bonds is 4. The Labute approximate surface area is 161 Å². The summed E-state index contributed by atoms with van der Waals surface area (Å²) in [7, 11) is 0. The molecule has 0 radical (unpaired) electrons. The highest BCUT2D eigenvalue weighted by Crippen LogP contribution is 2.26. The number of benzene rings is 1. The summed E-state index contributed by atoms with van der Waals surface area (Å²) >= 11 is 0. The zero-order valence-electron chi connectivity index (χ0n) is 16.1. The Balaban J connectivity index is 1.38. The molecule has 27 heavy (non-hydrogen) atoms. The fourth-order valence-electron chi connectivity index (χ4n) is 4.39. The van der Waals surface area contributed by atoms with Crippen molar-refractivity contribution in [1.29, 1.82) is 0 Å². The molecule has 5 heteroatoms. The minimum absolute atomic E-state index is 0.0844. The zero-order chi connectivity index (χ0) is 18.8. The van der Waals surface area contributed by atoms with Crippen LogP contribution in [-0.4, -0.2) is 64.6 Å². The molecule has 1 aromatic carbocycles. The number of pyridine rings is 1. The lowest BCUT2D eigenvalue weighted by molar-refractivity contribution is -0.132. The van der Waals surface area contributed by atoms with Crippen molar-refractivity contribution in [3.8, 4) is 0 Å². The normalized spacial score (nSPS) is 24.6. The van der Waals surface area contributed by atoms with Crippen LogP contribution in [0.25, 0.3) is 10.9 Å². The van der Waals surface area contributed by atoms with Crippen LogP contribution in [-0.2, 0) is 11.2 Å². The summed E-state index contributed by atoms with van der Waals surface area (Å²) in [4.78, 5) is 21.3. The largest absolute Gasteiger partial charge is 0.391 e. The summed E-state index contributed by atoms with van der Waals surface area (Å²) in [5.41, 5.74) is 2.18. The number of carbonyl (C=O) groups is 1. The number of piperidine rings is 1. The second kappa shape index (κ2) is 7.95. The van der Waals surface area contributed by atoms with Crippen LogP contribution in [0.2, 0.25) is 0 Å². The SMILES string of the molecule is CC1CCN(CC(=O)N2C[C@@H](Cc3ccnc4ccccc34)[C@@H](O)C2)CC1. The molecule has 2 aliphatic rings. The third-order valence-corrected chi connectivity index (χ3v) is 6.22. The van der Waals surface area contributed by atoms with Crippen molar-refractivity contribution in [1.82, 2.24) is 14.8 Å². The number of para-hydroxylation sites is 1. The molecule has 2 aromatic rings. The van der Waals surface area contributed by atoms with Gasteiger partial charge in [0.05, 0.1) is 18.2 Å². The fraction of sp³-hybridized carbons (Fsp3) is 0.545. The Morgan fingerprint density at radius 3 is 2.78 bits per heavy atom. The van der Waals surface area contributed by atoms with Crippen molar-refractivity contribution >= 4 is 16.8 Å². The first-order chi connectivity index (χ1) is 13.1. The molecular formula is C22H29N3O2. The lowest BCUT2D eigenvalue weighted by atomic mass is 9.94. The number of nitrogens with zero attached hydrogens (tertiary/aromatic N) is 3. The molecule has 1 amide bonds. The van der Waals surface area contributed by atoms with Gasteiger partial charge in [-0.2, -0.15) is 0 Å². The van der Waals surface area contributed by atoms with Crippen molar-refractivity contribution in [3.05, 3.63) is 42.1 Å². The smallest absolute Gasteiger partial charge is 0.236 e. The van der Waals surface area contributed by atoms with Crippen molar-refractivity contribution in [3.63, 3.8) is 0 Å². The molecule has 2 atom stereocenters. The van der Waals surface area contributed by atoms with Crippen LogP contribution in [0.15, 0.2) is 36.5 Å². The second-order valence-corrected chi connectivity index (χ2v) is 8.28. The first-order valence-electron chi connectivity index (χ1n) is 10.1. The van der Waals surface area contributed by atoms with Gasteiger partial charge in [-0.1, -0.05) is 25.1 Å². The van der Waals surface area contributed by atoms with E-state index in [0.717, 1.165) is 36.3 Å². The molecule has 2 fully saturated rings. The molecule has 2 saturated heterocycles. The summed E-state index contributed by atoms with van der Waals surface area (Å²) in [6.07, 6.45) is 4.50. The van der Waals surface area contributed by atoms with E-state index in [2.05, 4.69) is 22.9 Å².